The largest absolute Gasteiger partial charge is 0.478 e. The van der Waals surface area contributed by atoms with Crippen molar-refractivity contribution >= 4 is 5.97 Å². The predicted octanol–water partition coefficient (Wildman–Crippen LogP) is 1.57. The van der Waals surface area contributed by atoms with Crippen LogP contribution in [0, 0.1) is 0 Å². The maximum Gasteiger partial charge on any atom is 0.330 e. The van der Waals surface area contributed by atoms with E-state index in [1.807, 2.05) is 0 Å². The van der Waals surface area contributed by atoms with Crippen LogP contribution in [0.1, 0.15) is 19.3 Å². The molecule has 0 bridgehead atoms. The highest BCUT2D eigenvalue weighted by Gasteiger charge is 2.01. The topological polar surface area (TPSA) is 49.3 Å². The average Bonchev–Trinajstić information content (AvgIpc) is 2.10. The fourth-order valence-electron chi connectivity index (χ4n) is 0.899. The Morgan fingerprint density at radius 2 is 2.15 bits per heavy atom. The quantitative estimate of drug-likeness (QED) is 0.341. The van der Waals surface area contributed by atoms with Crippen molar-refractivity contribution in [3.8, 4) is 0 Å². The minimum Gasteiger partial charge on any atom is -0.478 e. The summed E-state index contributed by atoms with van der Waals surface area (Å²) in [5.41, 5.74) is 0.295. The van der Waals surface area contributed by atoms with Gasteiger partial charge in [0, 0.05) is 12.1 Å². The number of hydrogen-bond acceptors (Lipinski definition) is 2. The molecule has 0 amide bonds. The molecule has 3 heteroatoms. The van der Waals surface area contributed by atoms with Crippen LogP contribution in [0.5, 0.6) is 0 Å². The van der Waals surface area contributed by atoms with E-state index in [2.05, 4.69) is 18.5 Å². The maximum absolute atomic E-state index is 10.3. The number of rotatable bonds is 8. The van der Waals surface area contributed by atoms with Gasteiger partial charge in [0.05, 0.1) is 0 Å². The molecule has 0 aromatic rings. The summed E-state index contributed by atoms with van der Waals surface area (Å²) in [4.78, 5) is 10.3. The van der Waals surface area contributed by atoms with Gasteiger partial charge in [0.1, 0.15) is 0 Å². The molecule has 0 aromatic carbocycles. The second-order valence-electron chi connectivity index (χ2n) is 2.86. The van der Waals surface area contributed by atoms with Crippen LogP contribution in [-0.4, -0.2) is 24.2 Å². The Kier molecular flexibility index (Phi) is 6.92. The molecule has 0 saturated carbocycles. The molecule has 0 heterocycles. The van der Waals surface area contributed by atoms with Crippen LogP contribution in [0.4, 0.5) is 0 Å². The third kappa shape index (κ3) is 7.28. The van der Waals surface area contributed by atoms with Gasteiger partial charge < -0.3 is 10.4 Å². The Balaban J connectivity index is 3.21. The molecule has 74 valence electrons. The van der Waals surface area contributed by atoms with Gasteiger partial charge in [-0.1, -0.05) is 12.7 Å². The molecule has 0 saturated heterocycles. The van der Waals surface area contributed by atoms with Gasteiger partial charge in [0.25, 0.3) is 0 Å². The van der Waals surface area contributed by atoms with Crippen molar-refractivity contribution in [2.75, 3.05) is 13.1 Å². The van der Waals surface area contributed by atoms with Crippen molar-refractivity contribution in [2.24, 2.45) is 0 Å². The summed E-state index contributed by atoms with van der Waals surface area (Å²) in [6.45, 7) is 8.73. The zero-order valence-electron chi connectivity index (χ0n) is 7.88. The lowest BCUT2D eigenvalue weighted by Crippen LogP contribution is -2.14. The second-order valence-corrected chi connectivity index (χ2v) is 2.86. The smallest absolute Gasteiger partial charge is 0.330 e. The van der Waals surface area contributed by atoms with Gasteiger partial charge in [-0.05, 0) is 25.8 Å². The van der Waals surface area contributed by atoms with Crippen molar-refractivity contribution in [2.45, 2.75) is 19.3 Å². The van der Waals surface area contributed by atoms with E-state index in [0.717, 1.165) is 25.9 Å². The first-order valence-electron chi connectivity index (χ1n) is 4.41. The molecule has 0 rings (SSSR count). The van der Waals surface area contributed by atoms with Crippen LogP contribution < -0.4 is 5.32 Å². The highest BCUT2D eigenvalue weighted by Crippen LogP contribution is 2.04. The number of unbranched alkanes of at least 4 members (excludes halogenated alkanes) is 1. The molecule has 13 heavy (non-hydrogen) atoms. The first kappa shape index (κ1) is 11.9. The van der Waals surface area contributed by atoms with Crippen molar-refractivity contribution in [3.05, 3.63) is 24.8 Å². The number of carbonyl (C=O) groups is 1. The van der Waals surface area contributed by atoms with Crippen molar-refractivity contribution in [3.63, 3.8) is 0 Å². The molecule has 0 unspecified atom stereocenters. The summed E-state index contributed by atoms with van der Waals surface area (Å²) in [5.74, 6) is -0.890. The fourth-order valence-corrected chi connectivity index (χ4v) is 0.899. The van der Waals surface area contributed by atoms with E-state index in [1.165, 1.54) is 0 Å². The molecule has 0 atom stereocenters. The highest BCUT2D eigenvalue weighted by molar-refractivity contribution is 5.85. The summed E-state index contributed by atoms with van der Waals surface area (Å²) >= 11 is 0. The molecule has 0 aliphatic heterocycles. The summed E-state index contributed by atoms with van der Waals surface area (Å²) in [6, 6.07) is 0. The van der Waals surface area contributed by atoms with Crippen LogP contribution in [0.2, 0.25) is 0 Å². The number of carboxylic acid groups (broad SMARTS) is 1. The van der Waals surface area contributed by atoms with Crippen molar-refractivity contribution in [1.82, 2.24) is 5.32 Å². The second kappa shape index (κ2) is 7.55. The minimum absolute atomic E-state index is 0.295. The lowest BCUT2D eigenvalue weighted by Gasteiger charge is -2.01. The van der Waals surface area contributed by atoms with Crippen LogP contribution in [0.15, 0.2) is 24.8 Å². The summed E-state index contributed by atoms with van der Waals surface area (Å²) < 4.78 is 0. The minimum atomic E-state index is -0.890. The van der Waals surface area contributed by atoms with Gasteiger partial charge in [-0.15, -0.1) is 6.58 Å². The van der Waals surface area contributed by atoms with Crippen molar-refractivity contribution < 1.29 is 9.90 Å². The highest BCUT2D eigenvalue weighted by atomic mass is 16.4. The monoisotopic (exact) mass is 183 g/mol. The number of carboxylic acids is 1. The number of nitrogens with one attached hydrogen (secondary N) is 1. The van der Waals surface area contributed by atoms with Gasteiger partial charge >= 0.3 is 5.97 Å². The van der Waals surface area contributed by atoms with Gasteiger partial charge in [-0.2, -0.15) is 0 Å². The zero-order valence-corrected chi connectivity index (χ0v) is 7.88. The van der Waals surface area contributed by atoms with Crippen LogP contribution in [-0.2, 0) is 4.79 Å². The molecular formula is C10H17NO2. The van der Waals surface area contributed by atoms with Gasteiger partial charge in [0.15, 0.2) is 0 Å². The Morgan fingerprint density at radius 1 is 1.46 bits per heavy atom. The summed E-state index contributed by atoms with van der Waals surface area (Å²) in [6.07, 6.45) is 4.22. The molecule has 0 fully saturated rings. The lowest BCUT2D eigenvalue weighted by atomic mass is 10.1. The molecule has 0 aliphatic carbocycles. The van der Waals surface area contributed by atoms with E-state index >= 15 is 0 Å². The SMILES string of the molecule is C=CCNCCCCC(=C)C(=O)O. The van der Waals surface area contributed by atoms with Gasteiger partial charge in [0.2, 0.25) is 0 Å². The third-order valence-corrected chi connectivity index (χ3v) is 1.67. The fraction of sp³-hybridized carbons (Fsp3) is 0.500. The number of aliphatic carboxylic acids is 1. The Labute approximate surface area is 79.2 Å². The van der Waals surface area contributed by atoms with E-state index in [4.69, 9.17) is 5.11 Å². The van der Waals surface area contributed by atoms with Crippen molar-refractivity contribution in [1.29, 1.82) is 0 Å². The summed E-state index contributed by atoms with van der Waals surface area (Å²) in [7, 11) is 0. The normalized spacial score (nSPS) is 9.54. The zero-order chi connectivity index (χ0) is 10.1. The van der Waals surface area contributed by atoms with E-state index in [-0.39, 0.29) is 0 Å². The number of hydrogen-bond donors (Lipinski definition) is 2. The van der Waals surface area contributed by atoms with E-state index in [1.54, 1.807) is 6.08 Å². The molecule has 0 radical (unpaired) electrons. The van der Waals surface area contributed by atoms with Crippen LogP contribution >= 0.6 is 0 Å². The first-order chi connectivity index (χ1) is 6.18. The molecule has 0 aromatic heterocycles. The maximum atomic E-state index is 10.3. The predicted molar refractivity (Wildman–Crippen MR) is 53.7 cm³/mol. The van der Waals surface area contributed by atoms with E-state index in [9.17, 15) is 4.79 Å². The molecule has 3 nitrogen and oxygen atoms in total. The molecular weight excluding hydrogens is 166 g/mol. The molecule has 0 aliphatic rings. The third-order valence-electron chi connectivity index (χ3n) is 1.67. The van der Waals surface area contributed by atoms with Gasteiger partial charge in [-0.3, -0.25) is 0 Å². The lowest BCUT2D eigenvalue weighted by molar-refractivity contribution is -0.132. The standard InChI is InChI=1S/C10H17NO2/c1-3-7-11-8-5-4-6-9(2)10(12)13/h3,11H,1-2,4-8H2,(H,12,13). The van der Waals surface area contributed by atoms with E-state index in [0.29, 0.717) is 12.0 Å². The molecule has 2 N–H and O–H groups in total. The molecule has 0 spiro atoms. The van der Waals surface area contributed by atoms with Gasteiger partial charge in [-0.25, -0.2) is 4.79 Å². The summed E-state index contributed by atoms with van der Waals surface area (Å²) in [5, 5.41) is 11.6. The Hall–Kier alpha value is -1.09. The van der Waals surface area contributed by atoms with E-state index < -0.39 is 5.97 Å². The average molecular weight is 183 g/mol. The van der Waals surface area contributed by atoms with Crippen LogP contribution in [0.25, 0.3) is 0 Å². The Morgan fingerprint density at radius 3 is 2.69 bits per heavy atom. The first-order valence-corrected chi connectivity index (χ1v) is 4.41. The van der Waals surface area contributed by atoms with Crippen LogP contribution in [0.3, 0.4) is 0 Å². The Bertz CT molecular complexity index is 187.